The van der Waals surface area contributed by atoms with Crippen LogP contribution in [0.15, 0.2) is 30.3 Å². The number of aryl methyl sites for hydroxylation is 1. The highest BCUT2D eigenvalue weighted by molar-refractivity contribution is 6.33. The van der Waals surface area contributed by atoms with Crippen LogP contribution in [0, 0.1) is 18.3 Å². The van der Waals surface area contributed by atoms with Crippen LogP contribution in [0.1, 0.15) is 41.7 Å². The fourth-order valence-corrected chi connectivity index (χ4v) is 3.57. The standard InChI is InChI=1S/C19H19ClN4O3/c1-13-16(17(20)24(23-13)14-7-3-2-4-8-14)18(26)27-11-15(25)22-19(12-21)9-5-6-10-19/h2-4,7-8H,5-6,9-11H2,1H3,(H,22,25). The van der Waals surface area contributed by atoms with E-state index in [0.717, 1.165) is 12.8 Å². The molecule has 2 aromatic rings. The second kappa shape index (κ2) is 7.80. The average Bonchev–Trinajstić information content (AvgIpc) is 3.25. The number of amides is 1. The maximum Gasteiger partial charge on any atom is 0.343 e. The molecule has 3 rings (SSSR count). The summed E-state index contributed by atoms with van der Waals surface area (Å²) in [4.78, 5) is 24.5. The molecule has 0 bridgehead atoms. The molecule has 1 saturated carbocycles. The monoisotopic (exact) mass is 386 g/mol. The third kappa shape index (κ3) is 3.96. The molecular weight excluding hydrogens is 368 g/mol. The molecule has 0 unspecified atom stereocenters. The number of ether oxygens (including phenoxy) is 1. The van der Waals surface area contributed by atoms with E-state index in [1.165, 1.54) is 4.68 Å². The van der Waals surface area contributed by atoms with Gasteiger partial charge < -0.3 is 10.1 Å². The number of benzene rings is 1. The van der Waals surface area contributed by atoms with Gasteiger partial charge in [-0.25, -0.2) is 9.48 Å². The SMILES string of the molecule is Cc1nn(-c2ccccc2)c(Cl)c1C(=O)OCC(=O)NC1(C#N)CCCC1. The molecule has 1 aliphatic rings. The molecule has 1 fully saturated rings. The average molecular weight is 387 g/mol. The Balaban J connectivity index is 1.67. The molecule has 1 aromatic carbocycles. The summed E-state index contributed by atoms with van der Waals surface area (Å²) in [6.07, 6.45) is 3.00. The predicted molar refractivity (Wildman–Crippen MR) is 98.5 cm³/mol. The number of carbonyl (C=O) groups excluding carboxylic acids is 2. The molecule has 27 heavy (non-hydrogen) atoms. The van der Waals surface area contributed by atoms with Crippen molar-refractivity contribution in [2.24, 2.45) is 0 Å². The van der Waals surface area contributed by atoms with Crippen molar-refractivity contribution < 1.29 is 14.3 Å². The Bertz CT molecular complexity index is 896. The predicted octanol–water partition coefficient (Wildman–Crippen LogP) is 2.94. The lowest BCUT2D eigenvalue weighted by atomic mass is 10.00. The number of nitrogens with one attached hydrogen (secondary N) is 1. The molecule has 8 heteroatoms. The minimum atomic E-state index is -0.852. The molecule has 1 aromatic heterocycles. The number of aromatic nitrogens is 2. The van der Waals surface area contributed by atoms with Gasteiger partial charge in [-0.15, -0.1) is 0 Å². The second-order valence-electron chi connectivity index (χ2n) is 6.52. The van der Waals surface area contributed by atoms with E-state index in [2.05, 4.69) is 16.5 Å². The van der Waals surface area contributed by atoms with Crippen molar-refractivity contribution >= 4 is 23.5 Å². The van der Waals surface area contributed by atoms with Crippen molar-refractivity contribution in [1.29, 1.82) is 5.26 Å². The quantitative estimate of drug-likeness (QED) is 0.797. The summed E-state index contributed by atoms with van der Waals surface area (Å²) in [5.41, 5.74) is 0.372. The van der Waals surface area contributed by atoms with Crippen LogP contribution >= 0.6 is 11.6 Å². The molecule has 0 spiro atoms. The Morgan fingerprint density at radius 3 is 2.63 bits per heavy atom. The lowest BCUT2D eigenvalue weighted by molar-refractivity contribution is -0.125. The van der Waals surface area contributed by atoms with Crippen molar-refractivity contribution in [2.45, 2.75) is 38.1 Å². The first-order valence-corrected chi connectivity index (χ1v) is 9.03. The van der Waals surface area contributed by atoms with Gasteiger partial charge >= 0.3 is 5.97 Å². The smallest absolute Gasteiger partial charge is 0.343 e. The molecule has 0 saturated heterocycles. The van der Waals surface area contributed by atoms with Gasteiger partial charge in [0.25, 0.3) is 5.91 Å². The molecule has 1 amide bonds. The zero-order valence-corrected chi connectivity index (χ0v) is 15.6. The number of carbonyl (C=O) groups is 2. The van der Waals surface area contributed by atoms with Crippen LogP contribution in [0.2, 0.25) is 5.15 Å². The van der Waals surface area contributed by atoms with Crippen LogP contribution < -0.4 is 5.32 Å². The molecule has 140 valence electrons. The summed E-state index contributed by atoms with van der Waals surface area (Å²) >= 11 is 6.31. The van der Waals surface area contributed by atoms with Gasteiger partial charge in [-0.3, -0.25) is 4.79 Å². The number of hydrogen-bond donors (Lipinski definition) is 1. The van der Waals surface area contributed by atoms with Crippen molar-refractivity contribution in [3.05, 3.63) is 46.7 Å². The summed E-state index contributed by atoms with van der Waals surface area (Å²) in [7, 11) is 0. The molecule has 1 aliphatic carbocycles. The van der Waals surface area contributed by atoms with Crippen molar-refractivity contribution in [3.8, 4) is 11.8 Å². The summed E-state index contributed by atoms with van der Waals surface area (Å²) < 4.78 is 6.54. The lowest BCUT2D eigenvalue weighted by Gasteiger charge is -2.21. The van der Waals surface area contributed by atoms with Gasteiger partial charge in [0.2, 0.25) is 0 Å². The van der Waals surface area contributed by atoms with Crippen LogP contribution in [0.4, 0.5) is 0 Å². The maximum atomic E-state index is 12.4. The summed E-state index contributed by atoms with van der Waals surface area (Å²) in [5, 5.41) is 16.4. The number of esters is 1. The molecule has 0 atom stereocenters. The van der Waals surface area contributed by atoms with E-state index in [1.807, 2.05) is 30.3 Å². The highest BCUT2D eigenvalue weighted by Crippen LogP contribution is 2.29. The fraction of sp³-hybridized carbons (Fsp3) is 0.368. The minimum absolute atomic E-state index is 0.115. The first-order chi connectivity index (χ1) is 13.0. The van der Waals surface area contributed by atoms with E-state index in [-0.39, 0.29) is 10.7 Å². The number of nitriles is 1. The number of rotatable bonds is 5. The normalized spacial score (nSPS) is 15.1. The zero-order chi connectivity index (χ0) is 19.4. The summed E-state index contributed by atoms with van der Waals surface area (Å²) in [5.74, 6) is -1.23. The third-order valence-corrected chi connectivity index (χ3v) is 4.94. The van der Waals surface area contributed by atoms with Crippen molar-refractivity contribution in [1.82, 2.24) is 15.1 Å². The van der Waals surface area contributed by atoms with Gasteiger partial charge in [0.1, 0.15) is 16.3 Å². The van der Waals surface area contributed by atoms with Gasteiger partial charge in [-0.05, 0) is 44.7 Å². The van der Waals surface area contributed by atoms with Gasteiger partial charge in [0, 0.05) is 0 Å². The van der Waals surface area contributed by atoms with Crippen LogP contribution in [0.5, 0.6) is 0 Å². The Morgan fingerprint density at radius 2 is 2.00 bits per heavy atom. The molecule has 7 nitrogen and oxygen atoms in total. The summed E-state index contributed by atoms with van der Waals surface area (Å²) in [6.45, 7) is 1.17. The summed E-state index contributed by atoms with van der Waals surface area (Å²) in [6, 6.07) is 11.3. The maximum absolute atomic E-state index is 12.4. The van der Waals surface area contributed by atoms with Gasteiger partial charge in [-0.1, -0.05) is 29.8 Å². The van der Waals surface area contributed by atoms with Crippen LogP contribution in [0.25, 0.3) is 5.69 Å². The van der Waals surface area contributed by atoms with Gasteiger partial charge in [-0.2, -0.15) is 10.4 Å². The van der Waals surface area contributed by atoms with Crippen LogP contribution in [0.3, 0.4) is 0 Å². The Hall–Kier alpha value is -2.85. The second-order valence-corrected chi connectivity index (χ2v) is 6.88. The van der Waals surface area contributed by atoms with E-state index in [4.69, 9.17) is 16.3 Å². The van der Waals surface area contributed by atoms with E-state index >= 15 is 0 Å². The van der Waals surface area contributed by atoms with E-state index in [9.17, 15) is 14.9 Å². The number of para-hydroxylation sites is 1. The molecule has 1 N–H and O–H groups in total. The highest BCUT2D eigenvalue weighted by atomic mass is 35.5. The first kappa shape index (κ1) is 18.9. The van der Waals surface area contributed by atoms with E-state index in [1.54, 1.807) is 6.92 Å². The minimum Gasteiger partial charge on any atom is -0.452 e. The Kier molecular flexibility index (Phi) is 5.47. The number of nitrogens with zero attached hydrogens (tertiary/aromatic N) is 3. The number of hydrogen-bond acceptors (Lipinski definition) is 5. The molecule has 0 radical (unpaired) electrons. The molecule has 1 heterocycles. The van der Waals surface area contributed by atoms with E-state index in [0.29, 0.717) is 24.2 Å². The Morgan fingerprint density at radius 1 is 1.33 bits per heavy atom. The zero-order valence-electron chi connectivity index (χ0n) is 14.9. The van der Waals surface area contributed by atoms with Crippen LogP contribution in [-0.4, -0.2) is 33.8 Å². The first-order valence-electron chi connectivity index (χ1n) is 8.66. The largest absolute Gasteiger partial charge is 0.452 e. The topological polar surface area (TPSA) is 97.0 Å². The fourth-order valence-electron chi connectivity index (χ4n) is 3.22. The van der Waals surface area contributed by atoms with Gasteiger partial charge in [0.05, 0.1) is 17.5 Å². The van der Waals surface area contributed by atoms with Gasteiger partial charge in [0.15, 0.2) is 6.61 Å². The lowest BCUT2D eigenvalue weighted by Crippen LogP contribution is -2.46. The third-order valence-electron chi connectivity index (χ3n) is 4.59. The van der Waals surface area contributed by atoms with E-state index < -0.39 is 24.0 Å². The number of halogens is 1. The highest BCUT2D eigenvalue weighted by Gasteiger charge is 2.35. The molecule has 0 aliphatic heterocycles. The molecular formula is C19H19ClN4O3. The Labute approximate surface area is 161 Å². The van der Waals surface area contributed by atoms with Crippen LogP contribution in [-0.2, 0) is 9.53 Å². The van der Waals surface area contributed by atoms with Crippen molar-refractivity contribution in [2.75, 3.05) is 6.61 Å². The van der Waals surface area contributed by atoms with Crippen molar-refractivity contribution in [3.63, 3.8) is 0 Å².